The van der Waals surface area contributed by atoms with Gasteiger partial charge in [0, 0.05) is 5.39 Å². The minimum Gasteiger partial charge on any atom is -0.373 e. The van der Waals surface area contributed by atoms with Crippen LogP contribution in [0.4, 0.5) is 5.69 Å². The smallest absolute Gasteiger partial charge is 0.240 e. The summed E-state index contributed by atoms with van der Waals surface area (Å²) in [7, 11) is 0. The van der Waals surface area contributed by atoms with E-state index in [9.17, 15) is 9.59 Å². The average Bonchev–Trinajstić information content (AvgIpc) is 3.21. The molecule has 4 nitrogen and oxygen atoms in total. The van der Waals surface area contributed by atoms with Gasteiger partial charge in [-0.25, -0.2) is 4.90 Å². The van der Waals surface area contributed by atoms with E-state index in [-0.39, 0.29) is 35.9 Å². The van der Waals surface area contributed by atoms with Gasteiger partial charge in [0.25, 0.3) is 0 Å². The highest BCUT2D eigenvalue weighted by atomic mass is 16.5. The molecule has 0 spiro atoms. The first-order chi connectivity index (χ1) is 10.8. The quantitative estimate of drug-likeness (QED) is 0.759. The number of carbonyl (C=O) groups excluding carboxylic acids is 2. The van der Waals surface area contributed by atoms with Crippen LogP contribution in [0.2, 0.25) is 0 Å². The number of hydrogen-bond donors (Lipinski definition) is 0. The Bertz CT molecular complexity index is 782. The summed E-state index contributed by atoms with van der Waals surface area (Å²) in [5, 5.41) is 1.98. The number of carbonyl (C=O) groups is 2. The lowest BCUT2D eigenvalue weighted by Gasteiger charge is -2.19. The molecule has 110 valence electrons. The Morgan fingerprint density at radius 1 is 0.864 bits per heavy atom. The highest BCUT2D eigenvalue weighted by molar-refractivity contribution is 6.25. The van der Waals surface area contributed by atoms with Gasteiger partial charge >= 0.3 is 0 Å². The molecule has 3 heterocycles. The molecule has 2 aromatic carbocycles. The van der Waals surface area contributed by atoms with Crippen molar-refractivity contribution in [3.63, 3.8) is 0 Å². The van der Waals surface area contributed by atoms with Gasteiger partial charge in [-0.1, -0.05) is 36.4 Å². The maximum atomic E-state index is 12.9. The summed E-state index contributed by atoms with van der Waals surface area (Å²) in [6.07, 6.45) is 1.67. The van der Waals surface area contributed by atoms with Crippen LogP contribution in [0.3, 0.4) is 0 Å². The second kappa shape index (κ2) is 4.17. The summed E-state index contributed by atoms with van der Waals surface area (Å²) < 4.78 is 5.78. The SMILES string of the molecule is O=C1[C@@H]2[C@H](C(=O)N1c1cccc3ccccc13)[C@@H]1CC[C@@H]2O1. The fourth-order valence-corrected chi connectivity index (χ4v) is 4.35. The van der Waals surface area contributed by atoms with Crippen LogP contribution >= 0.6 is 0 Å². The molecule has 22 heavy (non-hydrogen) atoms. The Morgan fingerprint density at radius 2 is 1.50 bits per heavy atom. The molecule has 3 saturated heterocycles. The first-order valence-corrected chi connectivity index (χ1v) is 7.77. The van der Waals surface area contributed by atoms with Crippen molar-refractivity contribution < 1.29 is 14.3 Å². The Labute approximate surface area is 127 Å². The number of anilines is 1. The van der Waals surface area contributed by atoms with Crippen LogP contribution in [-0.2, 0) is 14.3 Å². The molecule has 0 aromatic heterocycles. The maximum Gasteiger partial charge on any atom is 0.240 e. The highest BCUT2D eigenvalue weighted by Gasteiger charge is 2.62. The molecule has 2 aromatic rings. The average molecular weight is 293 g/mol. The molecular formula is C18H15NO3. The van der Waals surface area contributed by atoms with Crippen LogP contribution in [0, 0.1) is 11.8 Å². The van der Waals surface area contributed by atoms with Crippen molar-refractivity contribution in [2.24, 2.45) is 11.8 Å². The largest absolute Gasteiger partial charge is 0.373 e. The lowest BCUT2D eigenvalue weighted by molar-refractivity contribution is -0.124. The third-order valence-electron chi connectivity index (χ3n) is 5.29. The Hall–Kier alpha value is -2.20. The summed E-state index contributed by atoms with van der Waals surface area (Å²) in [6, 6.07) is 13.6. The number of fused-ring (bicyclic) bond motifs is 6. The van der Waals surface area contributed by atoms with Gasteiger partial charge in [0.2, 0.25) is 11.8 Å². The molecule has 3 fully saturated rings. The molecule has 0 N–H and O–H groups in total. The van der Waals surface area contributed by atoms with E-state index in [1.165, 1.54) is 4.90 Å². The molecule has 0 aliphatic carbocycles. The van der Waals surface area contributed by atoms with Crippen LogP contribution in [0.15, 0.2) is 42.5 Å². The minimum absolute atomic E-state index is 0.0635. The standard InChI is InChI=1S/C18H15NO3/c20-17-15-13-8-9-14(22-13)16(15)18(21)19(17)12-7-3-5-10-4-1-2-6-11(10)12/h1-7,13-16H,8-9H2/t13-,14-,15-,16+/m0/s1. The molecule has 0 saturated carbocycles. The van der Waals surface area contributed by atoms with E-state index in [1.54, 1.807) is 0 Å². The van der Waals surface area contributed by atoms with E-state index < -0.39 is 0 Å². The van der Waals surface area contributed by atoms with Crippen molar-refractivity contribution in [2.75, 3.05) is 4.90 Å². The normalized spacial score (nSPS) is 33.0. The number of rotatable bonds is 1. The third kappa shape index (κ3) is 1.40. The van der Waals surface area contributed by atoms with Gasteiger partial charge in [-0.15, -0.1) is 0 Å². The molecule has 3 aliphatic heterocycles. The van der Waals surface area contributed by atoms with Crippen molar-refractivity contribution in [1.29, 1.82) is 0 Å². The number of imide groups is 1. The van der Waals surface area contributed by atoms with E-state index in [0.29, 0.717) is 5.69 Å². The maximum absolute atomic E-state index is 12.9. The van der Waals surface area contributed by atoms with E-state index in [0.717, 1.165) is 23.6 Å². The zero-order valence-electron chi connectivity index (χ0n) is 11.9. The monoisotopic (exact) mass is 293 g/mol. The number of hydrogen-bond acceptors (Lipinski definition) is 3. The number of benzene rings is 2. The Morgan fingerprint density at radius 3 is 2.23 bits per heavy atom. The van der Waals surface area contributed by atoms with Gasteiger partial charge in [-0.3, -0.25) is 9.59 Å². The van der Waals surface area contributed by atoms with E-state index in [4.69, 9.17) is 4.74 Å². The minimum atomic E-state index is -0.273. The number of nitrogens with zero attached hydrogens (tertiary/aromatic N) is 1. The summed E-state index contributed by atoms with van der Waals surface area (Å²) in [5.41, 5.74) is 0.710. The van der Waals surface area contributed by atoms with E-state index in [2.05, 4.69) is 0 Å². The van der Waals surface area contributed by atoms with Crippen LogP contribution in [0.5, 0.6) is 0 Å². The van der Waals surface area contributed by atoms with Gasteiger partial charge in [-0.2, -0.15) is 0 Å². The topological polar surface area (TPSA) is 46.6 Å². The summed E-state index contributed by atoms with van der Waals surface area (Å²) in [6.45, 7) is 0. The van der Waals surface area contributed by atoms with Gasteiger partial charge < -0.3 is 4.74 Å². The second-order valence-electron chi connectivity index (χ2n) is 6.35. The van der Waals surface area contributed by atoms with Crippen LogP contribution in [0.25, 0.3) is 10.8 Å². The zero-order valence-corrected chi connectivity index (χ0v) is 11.9. The van der Waals surface area contributed by atoms with Gasteiger partial charge in [0.15, 0.2) is 0 Å². The number of amides is 2. The molecule has 0 radical (unpaired) electrons. The molecule has 2 amide bonds. The summed E-state index contributed by atoms with van der Waals surface area (Å²) in [5.74, 6) is -0.715. The molecule has 4 heteroatoms. The van der Waals surface area contributed by atoms with Crippen molar-refractivity contribution in [1.82, 2.24) is 0 Å². The van der Waals surface area contributed by atoms with Crippen molar-refractivity contribution in [3.8, 4) is 0 Å². The fraction of sp³-hybridized carbons (Fsp3) is 0.333. The Kier molecular flexibility index (Phi) is 2.34. The van der Waals surface area contributed by atoms with E-state index >= 15 is 0 Å². The van der Waals surface area contributed by atoms with Crippen LogP contribution < -0.4 is 4.90 Å². The highest BCUT2D eigenvalue weighted by Crippen LogP contribution is 2.49. The second-order valence-corrected chi connectivity index (χ2v) is 6.35. The first kappa shape index (κ1) is 12.4. The molecule has 0 unspecified atom stereocenters. The first-order valence-electron chi connectivity index (χ1n) is 7.77. The molecule has 5 rings (SSSR count). The predicted octanol–water partition coefficient (Wildman–Crippen LogP) is 2.51. The van der Waals surface area contributed by atoms with Gasteiger partial charge in [0.1, 0.15) is 0 Å². The lowest BCUT2D eigenvalue weighted by atomic mass is 9.81. The number of ether oxygens (including phenoxy) is 1. The van der Waals surface area contributed by atoms with E-state index in [1.807, 2.05) is 42.5 Å². The summed E-state index contributed by atoms with van der Waals surface area (Å²) >= 11 is 0. The third-order valence-corrected chi connectivity index (χ3v) is 5.29. The fourth-order valence-electron chi connectivity index (χ4n) is 4.35. The Balaban J connectivity index is 1.66. The lowest BCUT2D eigenvalue weighted by Crippen LogP contribution is -2.34. The molecule has 2 bridgehead atoms. The van der Waals surface area contributed by atoms with Crippen molar-refractivity contribution in [3.05, 3.63) is 42.5 Å². The van der Waals surface area contributed by atoms with Crippen molar-refractivity contribution in [2.45, 2.75) is 25.0 Å². The molecule has 4 atom stereocenters. The molecular weight excluding hydrogens is 278 g/mol. The molecule has 3 aliphatic rings. The van der Waals surface area contributed by atoms with Gasteiger partial charge in [0.05, 0.1) is 29.7 Å². The van der Waals surface area contributed by atoms with Crippen molar-refractivity contribution >= 4 is 28.3 Å². The predicted molar refractivity (Wildman–Crippen MR) is 81.3 cm³/mol. The summed E-state index contributed by atoms with van der Waals surface area (Å²) in [4.78, 5) is 27.1. The zero-order chi connectivity index (χ0) is 14.8. The van der Waals surface area contributed by atoms with Crippen LogP contribution in [0.1, 0.15) is 12.8 Å². The van der Waals surface area contributed by atoms with Crippen LogP contribution in [-0.4, -0.2) is 24.0 Å². The van der Waals surface area contributed by atoms with Gasteiger partial charge in [-0.05, 0) is 24.3 Å².